The Kier molecular flexibility index (Phi) is 2.99. The van der Waals surface area contributed by atoms with Crippen LogP contribution in [0.4, 0.5) is 4.39 Å². The van der Waals surface area contributed by atoms with Gasteiger partial charge >= 0.3 is 6.01 Å². The lowest BCUT2D eigenvalue weighted by molar-refractivity contribution is 0.107. The zero-order valence-electron chi connectivity index (χ0n) is 11.8. The van der Waals surface area contributed by atoms with E-state index >= 15 is 0 Å². The molecule has 0 amide bonds. The van der Waals surface area contributed by atoms with E-state index in [9.17, 15) is 4.39 Å². The van der Waals surface area contributed by atoms with Gasteiger partial charge in [-0.25, -0.2) is 9.37 Å². The maximum absolute atomic E-state index is 13.7. The molecule has 4 heterocycles. The summed E-state index contributed by atoms with van der Waals surface area (Å²) >= 11 is 0. The molecule has 0 saturated carbocycles. The molecule has 2 aromatic heterocycles. The van der Waals surface area contributed by atoms with E-state index in [1.807, 2.05) is 0 Å². The minimum Gasteiger partial charge on any atom is -0.461 e. The van der Waals surface area contributed by atoms with Gasteiger partial charge in [0.2, 0.25) is 0 Å². The van der Waals surface area contributed by atoms with Crippen molar-refractivity contribution in [2.45, 2.75) is 31.2 Å². The minimum atomic E-state index is -0.443. The van der Waals surface area contributed by atoms with E-state index in [1.165, 1.54) is 25.7 Å². The van der Waals surface area contributed by atoms with Crippen molar-refractivity contribution in [1.29, 1.82) is 0 Å². The van der Waals surface area contributed by atoms with Crippen molar-refractivity contribution >= 4 is 10.9 Å². The highest BCUT2D eigenvalue weighted by atomic mass is 19.1. The zero-order chi connectivity index (χ0) is 14.3. The van der Waals surface area contributed by atoms with Crippen molar-refractivity contribution < 1.29 is 9.13 Å². The van der Waals surface area contributed by atoms with Crippen LogP contribution in [0.1, 0.15) is 25.7 Å². The fourth-order valence-corrected chi connectivity index (χ4v) is 3.63. The Bertz CT molecular complexity index is 668. The van der Waals surface area contributed by atoms with Gasteiger partial charge in [-0.15, -0.1) is 0 Å². The summed E-state index contributed by atoms with van der Waals surface area (Å²) in [5, 5.41) is 0.587. The lowest BCUT2D eigenvalue weighted by Gasteiger charge is -2.31. The molecule has 110 valence electrons. The molecule has 0 aromatic carbocycles. The molecule has 4 rings (SSSR count). The maximum atomic E-state index is 13.7. The molecule has 0 aliphatic carbocycles. The van der Waals surface area contributed by atoms with Crippen molar-refractivity contribution in [3.05, 3.63) is 24.4 Å². The predicted molar refractivity (Wildman–Crippen MR) is 75.6 cm³/mol. The van der Waals surface area contributed by atoms with Gasteiger partial charge in [-0.1, -0.05) is 0 Å². The molecule has 6 heteroatoms. The molecule has 0 N–H and O–H groups in total. The average Bonchev–Trinajstić information content (AvgIpc) is 3.05. The molecule has 0 bridgehead atoms. The van der Waals surface area contributed by atoms with Gasteiger partial charge in [-0.05, 0) is 38.8 Å². The number of pyridine rings is 1. The van der Waals surface area contributed by atoms with Gasteiger partial charge in [-0.3, -0.25) is 9.88 Å². The molecule has 2 aliphatic rings. The van der Waals surface area contributed by atoms with Gasteiger partial charge in [0, 0.05) is 17.8 Å². The Morgan fingerprint density at radius 1 is 1.19 bits per heavy atom. The van der Waals surface area contributed by atoms with Crippen molar-refractivity contribution in [2.75, 3.05) is 19.7 Å². The summed E-state index contributed by atoms with van der Waals surface area (Å²) in [5.74, 6) is -0.443. The summed E-state index contributed by atoms with van der Waals surface area (Å²) in [5.41, 5.74) is 0.414. The molecule has 0 atom stereocenters. The molecule has 2 aliphatic heterocycles. The first kappa shape index (κ1) is 12.9. The van der Waals surface area contributed by atoms with E-state index in [0.717, 1.165) is 19.3 Å². The van der Waals surface area contributed by atoms with E-state index in [4.69, 9.17) is 4.74 Å². The van der Waals surface area contributed by atoms with Gasteiger partial charge in [-0.2, -0.15) is 4.98 Å². The molecule has 5 nitrogen and oxygen atoms in total. The highest BCUT2D eigenvalue weighted by Gasteiger charge is 2.44. The van der Waals surface area contributed by atoms with Crippen LogP contribution in [0, 0.1) is 5.82 Å². The summed E-state index contributed by atoms with van der Waals surface area (Å²) in [4.78, 5) is 14.6. The largest absolute Gasteiger partial charge is 0.461 e. The molecule has 0 spiro atoms. The first-order valence-corrected chi connectivity index (χ1v) is 7.41. The van der Waals surface area contributed by atoms with E-state index in [-0.39, 0.29) is 17.1 Å². The molecule has 0 radical (unpaired) electrons. The lowest BCUT2D eigenvalue weighted by Crippen LogP contribution is -2.43. The highest BCUT2D eigenvalue weighted by Crippen LogP contribution is 2.38. The summed E-state index contributed by atoms with van der Waals surface area (Å²) in [7, 11) is 0. The quantitative estimate of drug-likeness (QED) is 0.866. The number of halogens is 1. The normalized spacial score (nSPS) is 20.8. The van der Waals surface area contributed by atoms with Crippen molar-refractivity contribution in [3.63, 3.8) is 0 Å². The number of hydrogen-bond acceptors (Lipinski definition) is 5. The van der Waals surface area contributed by atoms with Crippen molar-refractivity contribution in [3.8, 4) is 6.01 Å². The number of rotatable bonds is 3. The van der Waals surface area contributed by atoms with Crippen LogP contribution in [-0.4, -0.2) is 45.1 Å². The molecule has 2 fully saturated rings. The molecule has 2 saturated heterocycles. The Labute approximate surface area is 122 Å². The van der Waals surface area contributed by atoms with Crippen LogP contribution in [0.3, 0.4) is 0 Å². The summed E-state index contributed by atoms with van der Waals surface area (Å²) < 4.78 is 19.5. The Morgan fingerprint density at radius 2 is 2.00 bits per heavy atom. The van der Waals surface area contributed by atoms with Gasteiger partial charge in [0.05, 0.1) is 11.7 Å². The van der Waals surface area contributed by atoms with Gasteiger partial charge in [0.15, 0.2) is 5.82 Å². The van der Waals surface area contributed by atoms with E-state index in [1.54, 1.807) is 12.4 Å². The van der Waals surface area contributed by atoms with Gasteiger partial charge in [0.1, 0.15) is 12.1 Å². The summed E-state index contributed by atoms with van der Waals surface area (Å²) in [6, 6.07) is 0.251. The van der Waals surface area contributed by atoms with Gasteiger partial charge in [0.25, 0.3) is 0 Å². The molecule has 2 aromatic rings. The third-order valence-electron chi connectivity index (χ3n) is 4.70. The first-order chi connectivity index (χ1) is 10.3. The fraction of sp³-hybridized carbons (Fsp3) is 0.533. The average molecular weight is 288 g/mol. The lowest BCUT2D eigenvalue weighted by atomic mass is 9.95. The highest BCUT2D eigenvalue weighted by molar-refractivity contribution is 5.77. The van der Waals surface area contributed by atoms with Crippen molar-refractivity contribution in [1.82, 2.24) is 19.9 Å². The standard InChI is InChI=1S/C15H17FN4O/c16-12-9-17-7-11-8-18-14(19-13(11)12)21-10-15-3-1-5-20(15)6-2-4-15/h7-9H,1-6,10H2. The van der Waals surface area contributed by atoms with E-state index in [0.29, 0.717) is 12.0 Å². The molecule has 0 unspecified atom stereocenters. The van der Waals surface area contributed by atoms with Gasteiger partial charge < -0.3 is 4.74 Å². The Hall–Kier alpha value is -1.82. The second kappa shape index (κ2) is 4.87. The topological polar surface area (TPSA) is 51.1 Å². The van der Waals surface area contributed by atoms with E-state index < -0.39 is 5.82 Å². The third-order valence-corrected chi connectivity index (χ3v) is 4.70. The summed E-state index contributed by atoms with van der Waals surface area (Å²) in [6.45, 7) is 2.90. The molecule has 21 heavy (non-hydrogen) atoms. The van der Waals surface area contributed by atoms with Crippen LogP contribution < -0.4 is 4.74 Å². The maximum Gasteiger partial charge on any atom is 0.317 e. The van der Waals surface area contributed by atoms with Crippen LogP contribution in [0.25, 0.3) is 10.9 Å². The Balaban J connectivity index is 1.56. The third kappa shape index (κ3) is 2.14. The summed E-state index contributed by atoms with van der Waals surface area (Å²) in [6.07, 6.45) is 9.05. The second-order valence-corrected chi connectivity index (χ2v) is 5.92. The zero-order valence-corrected chi connectivity index (χ0v) is 11.8. The van der Waals surface area contributed by atoms with Crippen LogP contribution in [0.5, 0.6) is 6.01 Å². The number of hydrogen-bond donors (Lipinski definition) is 0. The van der Waals surface area contributed by atoms with Crippen LogP contribution >= 0.6 is 0 Å². The molecular weight excluding hydrogens is 271 g/mol. The number of fused-ring (bicyclic) bond motifs is 2. The van der Waals surface area contributed by atoms with Crippen LogP contribution in [0.15, 0.2) is 18.6 Å². The smallest absolute Gasteiger partial charge is 0.317 e. The number of ether oxygens (including phenoxy) is 1. The number of aromatic nitrogens is 3. The predicted octanol–water partition coefficient (Wildman–Crippen LogP) is 2.17. The number of nitrogens with zero attached hydrogens (tertiary/aromatic N) is 4. The van der Waals surface area contributed by atoms with Crippen LogP contribution in [-0.2, 0) is 0 Å². The molecular formula is C15H17FN4O. The SMILES string of the molecule is Fc1cncc2cnc(OCC34CCCN3CCC4)nc12. The Morgan fingerprint density at radius 3 is 2.81 bits per heavy atom. The van der Waals surface area contributed by atoms with Crippen molar-refractivity contribution in [2.24, 2.45) is 0 Å². The monoisotopic (exact) mass is 288 g/mol. The fourth-order valence-electron chi connectivity index (χ4n) is 3.63. The second-order valence-electron chi connectivity index (χ2n) is 5.92. The first-order valence-electron chi connectivity index (χ1n) is 7.41. The van der Waals surface area contributed by atoms with E-state index in [2.05, 4.69) is 19.9 Å². The van der Waals surface area contributed by atoms with Crippen LogP contribution in [0.2, 0.25) is 0 Å². The minimum absolute atomic E-state index is 0.148.